The molecule has 0 saturated carbocycles. The molecule has 0 saturated heterocycles. The predicted octanol–water partition coefficient (Wildman–Crippen LogP) is 2.87. The fraction of sp³-hybridized carbons (Fsp3) is 0.333. The van der Waals surface area contributed by atoms with Crippen LogP contribution in [0.2, 0.25) is 0 Å². The summed E-state index contributed by atoms with van der Waals surface area (Å²) in [6, 6.07) is 0. The first kappa shape index (κ1) is 8.11. The van der Waals surface area contributed by atoms with Crippen molar-refractivity contribution in [1.29, 1.82) is 0 Å². The fourth-order valence-electron chi connectivity index (χ4n) is 0.0619. The van der Waals surface area contributed by atoms with Crippen LogP contribution in [0.1, 0.15) is 0 Å². The van der Waals surface area contributed by atoms with Gasteiger partial charge in [0, 0.05) is 0 Å². The summed E-state index contributed by atoms with van der Waals surface area (Å²) in [5, 5.41) is 0. The minimum absolute atomic E-state index is 0.639. The summed E-state index contributed by atoms with van der Waals surface area (Å²) in [7, 11) is 0. The lowest BCUT2D eigenvalue weighted by Crippen LogP contribution is -2.02. The summed E-state index contributed by atoms with van der Waals surface area (Å²) >= 11 is 8.80. The molecule has 0 aliphatic rings. The Labute approximate surface area is 53.9 Å². The molecule has 0 bridgehead atoms. The third-order valence-electron chi connectivity index (χ3n) is 0.367. The minimum Gasteiger partial charge on any atom is -0.212 e. The van der Waals surface area contributed by atoms with Gasteiger partial charge in [0.05, 0.1) is 0 Å². The molecule has 0 rings (SSSR count). The molecule has 5 heteroatoms. The lowest BCUT2D eigenvalue weighted by molar-refractivity contribution is 0.366. The van der Waals surface area contributed by atoms with Crippen molar-refractivity contribution in [1.82, 2.24) is 0 Å². The average Bonchev–Trinajstić information content (AvgIpc) is 1.62. The molecule has 0 aromatic rings. The van der Waals surface area contributed by atoms with Crippen molar-refractivity contribution in [3.63, 3.8) is 0 Å². The van der Waals surface area contributed by atoms with Gasteiger partial charge < -0.3 is 0 Å². The number of hydrogen-bond acceptors (Lipinski definition) is 0. The van der Waals surface area contributed by atoms with Gasteiger partial charge in [-0.15, -0.1) is 0 Å². The first-order chi connectivity index (χ1) is 3.48. The highest BCUT2D eigenvalue weighted by Gasteiger charge is 2.29. The van der Waals surface area contributed by atoms with Crippen LogP contribution in [0.25, 0.3) is 0 Å². The SMILES string of the molecule is F/C=C(\F)C(F)(Cl)Cl. The maximum absolute atomic E-state index is 11.6. The fourth-order valence-corrected chi connectivity index (χ4v) is 0.144. The van der Waals surface area contributed by atoms with E-state index in [4.69, 9.17) is 0 Å². The molecule has 0 unspecified atom stereocenters. The predicted molar refractivity (Wildman–Crippen MR) is 25.8 cm³/mol. The Balaban J connectivity index is 4.03. The van der Waals surface area contributed by atoms with E-state index in [2.05, 4.69) is 23.2 Å². The molecule has 0 N–H and O–H groups in total. The minimum atomic E-state index is -3.23. The molecule has 0 radical (unpaired) electrons. The molecule has 0 aromatic carbocycles. The molecule has 0 heterocycles. The number of rotatable bonds is 1. The molecule has 0 spiro atoms. The van der Waals surface area contributed by atoms with Crippen LogP contribution >= 0.6 is 23.2 Å². The van der Waals surface area contributed by atoms with Gasteiger partial charge in [-0.3, -0.25) is 0 Å². The molecule has 0 amide bonds. The summed E-state index contributed by atoms with van der Waals surface area (Å²) < 4.78 is 30.8. The second-order valence-electron chi connectivity index (χ2n) is 0.955. The first-order valence-corrected chi connectivity index (χ1v) is 2.27. The number of halogens is 5. The topological polar surface area (TPSA) is 0 Å². The van der Waals surface area contributed by atoms with Gasteiger partial charge in [-0.25, -0.2) is 8.78 Å². The van der Waals surface area contributed by atoms with E-state index < -0.39 is 16.7 Å². The van der Waals surface area contributed by atoms with Gasteiger partial charge in [-0.05, 0) is 0 Å². The molecule has 48 valence electrons. The Bertz CT molecular complexity index is 104. The van der Waals surface area contributed by atoms with Crippen molar-refractivity contribution in [2.75, 3.05) is 0 Å². The molecule has 0 nitrogen and oxygen atoms in total. The number of hydrogen-bond donors (Lipinski definition) is 0. The molecular formula is C3HCl2F3. The van der Waals surface area contributed by atoms with Gasteiger partial charge in [0.15, 0.2) is 5.83 Å². The molecule has 0 aliphatic heterocycles. The Kier molecular flexibility index (Phi) is 2.63. The summed E-state index contributed by atoms with van der Waals surface area (Å²) in [5.41, 5.74) is 0. The molecule has 0 fully saturated rings. The molecule has 8 heavy (non-hydrogen) atoms. The van der Waals surface area contributed by atoms with Crippen LogP contribution in [0, 0.1) is 0 Å². The van der Waals surface area contributed by atoms with Crippen molar-refractivity contribution >= 4 is 23.2 Å². The van der Waals surface area contributed by atoms with E-state index in [1.165, 1.54) is 0 Å². The van der Waals surface area contributed by atoms with Crippen LogP contribution < -0.4 is 0 Å². The summed E-state index contributed by atoms with van der Waals surface area (Å²) in [6.07, 6.45) is -0.639. The van der Waals surface area contributed by atoms with Crippen LogP contribution in [-0.2, 0) is 0 Å². The van der Waals surface area contributed by atoms with Crippen molar-refractivity contribution in [2.45, 2.75) is 4.59 Å². The zero-order valence-electron chi connectivity index (χ0n) is 3.47. The first-order valence-electron chi connectivity index (χ1n) is 1.51. The Hall–Kier alpha value is 0.110. The van der Waals surface area contributed by atoms with Crippen LogP contribution in [0.15, 0.2) is 12.2 Å². The molecule has 0 aliphatic carbocycles. The molecule has 0 atom stereocenters. The third-order valence-corrected chi connectivity index (χ3v) is 0.728. The van der Waals surface area contributed by atoms with Crippen LogP contribution in [0.3, 0.4) is 0 Å². The summed E-state index contributed by atoms with van der Waals surface area (Å²) in [4.78, 5) is 0. The quantitative estimate of drug-likeness (QED) is 0.524. The van der Waals surface area contributed by atoms with Gasteiger partial charge in [0.2, 0.25) is 0 Å². The van der Waals surface area contributed by atoms with Gasteiger partial charge in [-0.2, -0.15) is 4.39 Å². The van der Waals surface area contributed by atoms with E-state index in [1.54, 1.807) is 0 Å². The van der Waals surface area contributed by atoms with Crippen molar-refractivity contribution in [2.24, 2.45) is 0 Å². The maximum atomic E-state index is 11.6. The highest BCUT2D eigenvalue weighted by atomic mass is 35.5. The van der Waals surface area contributed by atoms with E-state index in [1.807, 2.05) is 0 Å². The van der Waals surface area contributed by atoms with E-state index >= 15 is 0 Å². The maximum Gasteiger partial charge on any atom is 0.311 e. The molecular weight excluding hydrogens is 164 g/mol. The van der Waals surface area contributed by atoms with E-state index in [-0.39, 0.29) is 0 Å². The van der Waals surface area contributed by atoms with Gasteiger partial charge in [0.1, 0.15) is 6.33 Å². The average molecular weight is 165 g/mol. The lowest BCUT2D eigenvalue weighted by atomic mass is 10.6. The lowest BCUT2D eigenvalue weighted by Gasteiger charge is -2.01. The molecule has 0 aromatic heterocycles. The number of allylic oxidation sites excluding steroid dienone is 1. The Morgan fingerprint density at radius 1 is 1.50 bits per heavy atom. The largest absolute Gasteiger partial charge is 0.311 e. The summed E-state index contributed by atoms with van der Waals surface area (Å²) in [5.74, 6) is -1.85. The van der Waals surface area contributed by atoms with Crippen molar-refractivity contribution in [3.8, 4) is 0 Å². The van der Waals surface area contributed by atoms with E-state index in [0.29, 0.717) is 0 Å². The standard InChI is InChI=1S/C3HCl2F3/c4-3(5,8)2(7)1-6/h1H/b2-1-. The van der Waals surface area contributed by atoms with Gasteiger partial charge in [0.25, 0.3) is 0 Å². The Morgan fingerprint density at radius 2 is 1.88 bits per heavy atom. The van der Waals surface area contributed by atoms with E-state index in [9.17, 15) is 13.2 Å². The monoisotopic (exact) mass is 164 g/mol. The third kappa shape index (κ3) is 2.43. The highest BCUT2D eigenvalue weighted by molar-refractivity contribution is 6.48. The van der Waals surface area contributed by atoms with Crippen LogP contribution in [0.5, 0.6) is 0 Å². The zero-order chi connectivity index (χ0) is 6.78. The second-order valence-corrected chi connectivity index (χ2v) is 2.19. The smallest absolute Gasteiger partial charge is 0.212 e. The van der Waals surface area contributed by atoms with Gasteiger partial charge >= 0.3 is 4.59 Å². The van der Waals surface area contributed by atoms with Crippen LogP contribution in [0.4, 0.5) is 13.2 Å². The number of alkyl halides is 3. The van der Waals surface area contributed by atoms with Gasteiger partial charge in [-0.1, -0.05) is 23.2 Å². The Morgan fingerprint density at radius 3 is 1.88 bits per heavy atom. The van der Waals surface area contributed by atoms with Crippen molar-refractivity contribution in [3.05, 3.63) is 12.2 Å². The second kappa shape index (κ2) is 2.60. The normalized spacial score (nSPS) is 14.4. The van der Waals surface area contributed by atoms with Crippen LogP contribution in [-0.4, -0.2) is 4.59 Å². The van der Waals surface area contributed by atoms with Crippen molar-refractivity contribution < 1.29 is 13.2 Å². The summed E-state index contributed by atoms with van der Waals surface area (Å²) in [6.45, 7) is 0. The highest BCUT2D eigenvalue weighted by Crippen LogP contribution is 2.32. The van der Waals surface area contributed by atoms with E-state index in [0.717, 1.165) is 0 Å². The zero-order valence-corrected chi connectivity index (χ0v) is 4.98.